The zero-order chi connectivity index (χ0) is 17.6. The molecule has 130 valence electrons. The molecular weight excluding hydrogens is 331 g/mol. The lowest BCUT2D eigenvalue weighted by molar-refractivity contribution is 0.300. The monoisotopic (exact) mass is 354 g/mol. The minimum Gasteiger partial charge on any atom is -0.205 e. The molecule has 3 rings (SSSR count). The smallest absolute Gasteiger partial charge is 0.142 e. The number of benzene rings is 2. The highest BCUT2D eigenvalue weighted by atomic mass is 35.5. The van der Waals surface area contributed by atoms with Crippen LogP contribution in [0.4, 0.5) is 4.39 Å². The maximum absolute atomic E-state index is 13.6. The van der Waals surface area contributed by atoms with Gasteiger partial charge in [0.05, 0.1) is 5.02 Å². The van der Waals surface area contributed by atoms with Crippen molar-refractivity contribution in [3.63, 3.8) is 0 Å². The van der Waals surface area contributed by atoms with Crippen LogP contribution in [0.3, 0.4) is 0 Å². The minimum atomic E-state index is -0.387. The highest BCUT2D eigenvalue weighted by Gasteiger charge is 2.18. The van der Waals surface area contributed by atoms with Crippen LogP contribution in [0.2, 0.25) is 5.02 Å². The van der Waals surface area contributed by atoms with Crippen LogP contribution in [-0.2, 0) is 0 Å². The summed E-state index contributed by atoms with van der Waals surface area (Å²) in [6.07, 6.45) is 7.79. The summed E-state index contributed by atoms with van der Waals surface area (Å²) >= 11 is 5.74. The molecule has 1 fully saturated rings. The maximum atomic E-state index is 13.6. The largest absolute Gasteiger partial charge is 0.205 e. The van der Waals surface area contributed by atoms with E-state index in [0.717, 1.165) is 22.6 Å². The zero-order valence-corrected chi connectivity index (χ0v) is 15.5. The van der Waals surface area contributed by atoms with Crippen LogP contribution in [0, 0.1) is 29.5 Å². The van der Waals surface area contributed by atoms with Gasteiger partial charge in [-0.15, -0.1) is 0 Å². The topological polar surface area (TPSA) is 0 Å². The zero-order valence-electron chi connectivity index (χ0n) is 14.7. The average molecular weight is 355 g/mol. The summed E-state index contributed by atoms with van der Waals surface area (Å²) in [6, 6.07) is 12.9. The van der Waals surface area contributed by atoms with E-state index >= 15 is 0 Å². The molecule has 2 aromatic rings. The van der Waals surface area contributed by atoms with Crippen molar-refractivity contribution in [3.05, 3.63) is 58.9 Å². The highest BCUT2D eigenvalue weighted by Crippen LogP contribution is 2.31. The molecule has 0 saturated heterocycles. The molecule has 0 unspecified atom stereocenters. The SMILES string of the molecule is CCCC1CCC(C#Cc2ccc(-c3ccc(Cl)c(F)c3)cc2)CC1. The molecule has 0 heterocycles. The van der Waals surface area contributed by atoms with Gasteiger partial charge in [0.25, 0.3) is 0 Å². The predicted molar refractivity (Wildman–Crippen MR) is 104 cm³/mol. The Labute approximate surface area is 155 Å². The molecule has 1 aliphatic carbocycles. The van der Waals surface area contributed by atoms with Gasteiger partial charge < -0.3 is 0 Å². The normalized spacial score (nSPS) is 20.0. The summed E-state index contributed by atoms with van der Waals surface area (Å²) in [6.45, 7) is 2.27. The van der Waals surface area contributed by atoms with Gasteiger partial charge in [-0.05, 0) is 67.0 Å². The lowest BCUT2D eigenvalue weighted by atomic mass is 9.80. The van der Waals surface area contributed by atoms with Gasteiger partial charge in [0.2, 0.25) is 0 Å². The van der Waals surface area contributed by atoms with Gasteiger partial charge in [-0.25, -0.2) is 4.39 Å². The summed E-state index contributed by atoms with van der Waals surface area (Å²) in [4.78, 5) is 0. The van der Waals surface area contributed by atoms with Crippen LogP contribution < -0.4 is 0 Å². The summed E-state index contributed by atoms with van der Waals surface area (Å²) < 4.78 is 13.6. The molecule has 0 nitrogen and oxygen atoms in total. The van der Waals surface area contributed by atoms with Gasteiger partial charge in [-0.1, -0.05) is 61.4 Å². The fourth-order valence-corrected chi connectivity index (χ4v) is 3.73. The van der Waals surface area contributed by atoms with E-state index in [9.17, 15) is 4.39 Å². The van der Waals surface area contributed by atoms with Gasteiger partial charge >= 0.3 is 0 Å². The maximum Gasteiger partial charge on any atom is 0.142 e. The average Bonchev–Trinajstić information content (AvgIpc) is 2.64. The second-order valence-electron chi connectivity index (χ2n) is 6.98. The molecule has 0 N–H and O–H groups in total. The second-order valence-corrected chi connectivity index (χ2v) is 7.39. The van der Waals surface area contributed by atoms with Gasteiger partial charge in [0.1, 0.15) is 5.82 Å². The molecule has 0 atom stereocenters. The molecule has 2 heteroatoms. The van der Waals surface area contributed by atoms with E-state index in [1.54, 1.807) is 6.07 Å². The molecule has 0 aromatic heterocycles. The van der Waals surface area contributed by atoms with Gasteiger partial charge in [0, 0.05) is 11.5 Å². The van der Waals surface area contributed by atoms with Gasteiger partial charge in [-0.2, -0.15) is 0 Å². The third-order valence-electron chi connectivity index (χ3n) is 5.10. The number of hydrogen-bond acceptors (Lipinski definition) is 0. The van der Waals surface area contributed by atoms with Crippen molar-refractivity contribution in [1.29, 1.82) is 0 Å². The first-order chi connectivity index (χ1) is 12.2. The lowest BCUT2D eigenvalue weighted by Crippen LogP contribution is -2.13. The Balaban J connectivity index is 1.63. The first-order valence-electron chi connectivity index (χ1n) is 9.22. The standard InChI is InChI=1S/C23H24ClF/c1-2-3-17-4-6-18(7-5-17)8-9-19-10-12-20(13-11-19)21-14-15-22(24)23(25)16-21/h10-18H,2-7H2,1H3. The molecule has 2 aromatic carbocycles. The van der Waals surface area contributed by atoms with E-state index in [1.807, 2.05) is 30.3 Å². The Bertz CT molecular complexity index is 759. The third kappa shape index (κ3) is 4.86. The van der Waals surface area contributed by atoms with E-state index < -0.39 is 0 Å². The number of hydrogen-bond donors (Lipinski definition) is 0. The van der Waals surface area contributed by atoms with Crippen molar-refractivity contribution in [2.24, 2.45) is 11.8 Å². The van der Waals surface area contributed by atoms with Gasteiger partial charge in [-0.3, -0.25) is 0 Å². The van der Waals surface area contributed by atoms with E-state index in [4.69, 9.17) is 11.6 Å². The van der Waals surface area contributed by atoms with Crippen LogP contribution in [0.5, 0.6) is 0 Å². The quantitative estimate of drug-likeness (QED) is 0.515. The van der Waals surface area contributed by atoms with Crippen molar-refractivity contribution in [3.8, 4) is 23.0 Å². The first-order valence-corrected chi connectivity index (χ1v) is 9.60. The van der Waals surface area contributed by atoms with E-state index in [-0.39, 0.29) is 10.8 Å². The van der Waals surface area contributed by atoms with E-state index in [2.05, 4.69) is 18.8 Å². The fraction of sp³-hybridized carbons (Fsp3) is 0.391. The van der Waals surface area contributed by atoms with Crippen LogP contribution in [0.15, 0.2) is 42.5 Å². The molecule has 0 amide bonds. The van der Waals surface area contributed by atoms with Gasteiger partial charge in [0.15, 0.2) is 0 Å². The summed E-state index contributed by atoms with van der Waals surface area (Å²) in [5.41, 5.74) is 2.82. The summed E-state index contributed by atoms with van der Waals surface area (Å²) in [7, 11) is 0. The van der Waals surface area contributed by atoms with Crippen LogP contribution in [0.1, 0.15) is 51.0 Å². The fourth-order valence-electron chi connectivity index (χ4n) is 3.61. The van der Waals surface area contributed by atoms with E-state index in [0.29, 0.717) is 5.92 Å². The molecule has 1 saturated carbocycles. The first kappa shape index (κ1) is 18.0. The molecule has 0 bridgehead atoms. The second kappa shape index (κ2) is 8.54. The number of rotatable bonds is 3. The van der Waals surface area contributed by atoms with E-state index in [1.165, 1.54) is 44.6 Å². The van der Waals surface area contributed by atoms with Crippen molar-refractivity contribution in [2.75, 3.05) is 0 Å². The van der Waals surface area contributed by atoms with Crippen molar-refractivity contribution in [1.82, 2.24) is 0 Å². The highest BCUT2D eigenvalue weighted by molar-refractivity contribution is 6.30. The van der Waals surface area contributed by atoms with Crippen LogP contribution in [0.25, 0.3) is 11.1 Å². The van der Waals surface area contributed by atoms with Crippen molar-refractivity contribution >= 4 is 11.6 Å². The van der Waals surface area contributed by atoms with Crippen molar-refractivity contribution < 1.29 is 4.39 Å². The predicted octanol–water partition coefficient (Wildman–Crippen LogP) is 7.10. The Morgan fingerprint density at radius 2 is 1.68 bits per heavy atom. The Kier molecular flexibility index (Phi) is 6.16. The van der Waals surface area contributed by atoms with Crippen LogP contribution >= 0.6 is 11.6 Å². The molecule has 0 radical (unpaired) electrons. The summed E-state index contributed by atoms with van der Waals surface area (Å²) in [5, 5.41) is 0.153. The lowest BCUT2D eigenvalue weighted by Gasteiger charge is -2.25. The summed E-state index contributed by atoms with van der Waals surface area (Å²) in [5.74, 6) is 7.84. The Morgan fingerprint density at radius 3 is 2.32 bits per heavy atom. The van der Waals surface area contributed by atoms with Crippen molar-refractivity contribution in [2.45, 2.75) is 45.4 Å². The van der Waals surface area contributed by atoms with Crippen LogP contribution in [-0.4, -0.2) is 0 Å². The minimum absolute atomic E-state index is 0.153. The molecule has 25 heavy (non-hydrogen) atoms. The molecule has 1 aliphatic rings. The molecule has 0 spiro atoms. The molecule has 0 aliphatic heterocycles. The third-order valence-corrected chi connectivity index (χ3v) is 5.41. The Morgan fingerprint density at radius 1 is 1.00 bits per heavy atom. The molecular formula is C23H24ClF. The Hall–Kier alpha value is -1.78. The number of halogens is 2.